The number of amides is 1. The fraction of sp³-hybridized carbons (Fsp3) is 0.500. The topological polar surface area (TPSA) is 192 Å². The monoisotopic (exact) mass is 770 g/mol. The molecule has 300 valence electrons. The fourth-order valence-electron chi connectivity index (χ4n) is 5.61. The van der Waals surface area contributed by atoms with E-state index in [2.05, 4.69) is 29.6 Å². The van der Waals surface area contributed by atoms with Gasteiger partial charge in [-0.05, 0) is 28.3 Å². The number of non-ortho nitro benzene ring substituents is 1. The lowest BCUT2D eigenvalue weighted by molar-refractivity contribution is -0.393. The van der Waals surface area contributed by atoms with Gasteiger partial charge in [-0.25, -0.2) is 4.79 Å². The molecule has 1 aliphatic rings. The number of nitrogens with zero attached hydrogens (tertiary/aromatic N) is 3. The molecule has 0 aliphatic heterocycles. The van der Waals surface area contributed by atoms with Crippen molar-refractivity contribution in [1.29, 1.82) is 0 Å². The quantitative estimate of drug-likeness (QED) is 0.0569. The molecule has 17 heteroatoms. The molecule has 3 aromatic rings. The first-order valence-electron chi connectivity index (χ1n) is 18.1. The molecule has 0 radical (unpaired) electrons. The minimum Gasteiger partial charge on any atom is -0.448 e. The van der Waals surface area contributed by atoms with E-state index in [9.17, 15) is 25.0 Å². The van der Waals surface area contributed by atoms with E-state index in [4.69, 9.17) is 37.9 Å². The molecule has 0 saturated carbocycles. The largest absolute Gasteiger partial charge is 0.448 e. The zero-order valence-electron chi connectivity index (χ0n) is 31.1. The van der Waals surface area contributed by atoms with Crippen LogP contribution in [0.3, 0.4) is 0 Å². The van der Waals surface area contributed by atoms with Gasteiger partial charge in [0.1, 0.15) is 12.3 Å². The maximum Gasteiger partial charge on any atom is 0.409 e. The van der Waals surface area contributed by atoms with E-state index in [1.807, 2.05) is 24.3 Å². The molecule has 4 rings (SSSR count). The summed E-state index contributed by atoms with van der Waals surface area (Å²) in [4.78, 5) is 34.8. The molecule has 0 heterocycles. The van der Waals surface area contributed by atoms with E-state index < -0.39 is 9.85 Å². The third-order valence-corrected chi connectivity index (χ3v) is 8.40. The molecule has 55 heavy (non-hydrogen) atoms. The lowest BCUT2D eigenvalue weighted by Crippen LogP contribution is -2.32. The molecule has 0 saturated heterocycles. The molecule has 3 aromatic carbocycles. The van der Waals surface area contributed by atoms with E-state index in [0.29, 0.717) is 92.4 Å². The summed E-state index contributed by atoms with van der Waals surface area (Å²) >= 11 is 0. The summed E-state index contributed by atoms with van der Waals surface area (Å²) in [5.41, 5.74) is 4.20. The molecule has 1 N–H and O–H groups in total. The second-order valence-corrected chi connectivity index (χ2v) is 12.2. The smallest absolute Gasteiger partial charge is 0.409 e. The number of nitro groups is 2. The van der Waals surface area contributed by atoms with Crippen LogP contribution >= 0.6 is 0 Å². The average molecular weight is 771 g/mol. The second-order valence-electron chi connectivity index (χ2n) is 12.2. The summed E-state index contributed by atoms with van der Waals surface area (Å²) in [6, 6.07) is 19.9. The van der Waals surface area contributed by atoms with E-state index in [1.165, 1.54) is 39.3 Å². The lowest BCUT2D eigenvalue weighted by atomic mass is 9.98. The van der Waals surface area contributed by atoms with E-state index >= 15 is 0 Å². The van der Waals surface area contributed by atoms with Gasteiger partial charge in [0.25, 0.3) is 11.4 Å². The van der Waals surface area contributed by atoms with Crippen LogP contribution in [0.25, 0.3) is 11.1 Å². The van der Waals surface area contributed by atoms with E-state index in [1.54, 1.807) is 7.05 Å². The number of rotatable bonds is 29. The zero-order chi connectivity index (χ0) is 39.1. The van der Waals surface area contributed by atoms with Crippen LogP contribution in [-0.2, 0) is 37.9 Å². The molecule has 0 bridgehead atoms. The number of benzene rings is 3. The first kappa shape index (κ1) is 43.0. The third-order valence-electron chi connectivity index (χ3n) is 8.40. The number of carbonyl (C=O) groups excluding carboxylic acids is 1. The predicted octanol–water partition coefficient (Wildman–Crippen LogP) is 4.91. The third kappa shape index (κ3) is 14.8. The Morgan fingerprint density at radius 1 is 0.636 bits per heavy atom. The number of ether oxygens (including phenoxy) is 8. The average Bonchev–Trinajstić information content (AvgIpc) is 3.51. The maximum atomic E-state index is 12.6. The van der Waals surface area contributed by atoms with E-state index in [0.717, 1.165) is 6.07 Å². The predicted molar refractivity (Wildman–Crippen MR) is 202 cm³/mol. The summed E-state index contributed by atoms with van der Waals surface area (Å²) in [7, 11) is 1.70. The molecule has 0 spiro atoms. The maximum absolute atomic E-state index is 12.6. The summed E-state index contributed by atoms with van der Waals surface area (Å²) in [5.74, 6) is 0.0230. The number of likely N-dealkylation sites (N-methyl/N-ethyl adjacent to an activating group) is 1. The molecule has 1 amide bonds. The molecule has 0 unspecified atom stereocenters. The standard InChI is InChI=1S/C38H50N4O13/c1-40(38(43)55-29-35-33-8-4-2-6-31(33)32-7-3-5-9-34(32)35)13-15-49-17-19-51-21-23-53-25-27-54-26-24-52-22-20-50-18-16-48-14-12-39-36-11-10-30(41(44)45)28-37(36)42(46)47/h2-11,28,35,39H,12-27,29H2,1H3. The van der Waals surface area contributed by atoms with Gasteiger partial charge in [-0.15, -0.1) is 0 Å². The van der Waals surface area contributed by atoms with Crippen molar-refractivity contribution in [2.45, 2.75) is 5.92 Å². The van der Waals surface area contributed by atoms with Gasteiger partial charge in [0.2, 0.25) is 0 Å². The van der Waals surface area contributed by atoms with Crippen molar-refractivity contribution in [3.8, 4) is 11.1 Å². The van der Waals surface area contributed by atoms with Crippen LogP contribution in [0.2, 0.25) is 0 Å². The number of nitro benzene ring substituents is 2. The van der Waals surface area contributed by atoms with E-state index in [-0.39, 0.29) is 48.8 Å². The van der Waals surface area contributed by atoms with Crippen LogP contribution in [-0.4, -0.2) is 140 Å². The molecule has 1 aliphatic carbocycles. The number of hydrogen-bond acceptors (Lipinski definition) is 14. The minimum atomic E-state index is -0.683. The van der Waals surface area contributed by atoms with Crippen molar-refractivity contribution in [3.05, 3.63) is 98.1 Å². The normalized spacial score (nSPS) is 11.9. The van der Waals surface area contributed by atoms with Crippen LogP contribution in [0, 0.1) is 20.2 Å². The molecular formula is C38H50N4O13. The fourth-order valence-corrected chi connectivity index (χ4v) is 5.61. The van der Waals surface area contributed by atoms with Crippen LogP contribution < -0.4 is 5.32 Å². The van der Waals surface area contributed by atoms with Gasteiger partial charge in [-0.2, -0.15) is 0 Å². The van der Waals surface area contributed by atoms with Crippen LogP contribution in [0.5, 0.6) is 0 Å². The SMILES string of the molecule is CN(CCOCCOCCOCCOCCOCCOCCOCCNc1ccc([N+](=O)[O-])cc1[N+](=O)[O-])C(=O)OCC1c2ccccc2-c2ccccc21. The highest BCUT2D eigenvalue weighted by molar-refractivity contribution is 5.79. The summed E-state index contributed by atoms with van der Waals surface area (Å²) in [6.45, 7) is 6.50. The Kier molecular flexibility index (Phi) is 19.2. The van der Waals surface area contributed by atoms with Crippen LogP contribution in [0.4, 0.5) is 21.9 Å². The van der Waals surface area contributed by atoms with Gasteiger partial charge in [0.05, 0.1) is 108 Å². The first-order valence-corrected chi connectivity index (χ1v) is 18.1. The molecule has 0 fully saturated rings. The number of nitrogens with one attached hydrogen (secondary N) is 1. The Labute approximate surface area is 320 Å². The van der Waals surface area contributed by atoms with Gasteiger partial charge in [0.15, 0.2) is 0 Å². The Bertz CT molecular complexity index is 1580. The highest BCUT2D eigenvalue weighted by atomic mass is 16.6. The Morgan fingerprint density at radius 2 is 1.09 bits per heavy atom. The second kappa shape index (κ2) is 24.6. The molecule has 0 aromatic heterocycles. The summed E-state index contributed by atoms with van der Waals surface area (Å²) < 4.78 is 44.1. The van der Waals surface area contributed by atoms with Gasteiger partial charge in [-0.1, -0.05) is 48.5 Å². The Hall–Kier alpha value is -4.75. The van der Waals surface area contributed by atoms with Crippen molar-refractivity contribution in [2.75, 3.05) is 125 Å². The Morgan fingerprint density at radius 3 is 1.56 bits per heavy atom. The molecule has 17 nitrogen and oxygen atoms in total. The highest BCUT2D eigenvalue weighted by Crippen LogP contribution is 2.44. The number of anilines is 1. The summed E-state index contributed by atoms with van der Waals surface area (Å²) in [6.07, 6.45) is -0.382. The van der Waals surface area contributed by atoms with Gasteiger partial charge in [-0.3, -0.25) is 20.2 Å². The van der Waals surface area contributed by atoms with Crippen molar-refractivity contribution < 1.29 is 52.5 Å². The van der Waals surface area contributed by atoms with Crippen molar-refractivity contribution in [3.63, 3.8) is 0 Å². The van der Waals surface area contributed by atoms with Crippen molar-refractivity contribution >= 4 is 23.2 Å². The van der Waals surface area contributed by atoms with Crippen molar-refractivity contribution in [1.82, 2.24) is 4.90 Å². The number of fused-ring (bicyclic) bond motifs is 3. The number of carbonyl (C=O) groups is 1. The van der Waals surface area contributed by atoms with Crippen molar-refractivity contribution in [2.24, 2.45) is 0 Å². The lowest BCUT2D eigenvalue weighted by Gasteiger charge is -2.19. The Balaban J connectivity index is 0.859. The summed E-state index contributed by atoms with van der Waals surface area (Å²) in [5, 5.41) is 24.8. The van der Waals surface area contributed by atoms with Gasteiger partial charge in [0, 0.05) is 32.1 Å². The molecule has 0 atom stereocenters. The van der Waals surface area contributed by atoms with Crippen LogP contribution in [0.15, 0.2) is 66.7 Å². The van der Waals surface area contributed by atoms with Gasteiger partial charge < -0.3 is 48.1 Å². The van der Waals surface area contributed by atoms with Gasteiger partial charge >= 0.3 is 6.09 Å². The minimum absolute atomic E-state index is 0.0230. The van der Waals surface area contributed by atoms with Crippen LogP contribution in [0.1, 0.15) is 17.0 Å². The molecular weight excluding hydrogens is 720 g/mol. The zero-order valence-corrected chi connectivity index (χ0v) is 31.1. The number of hydrogen-bond donors (Lipinski definition) is 1. The highest BCUT2D eigenvalue weighted by Gasteiger charge is 2.29. The first-order chi connectivity index (χ1) is 26.9.